The van der Waals surface area contributed by atoms with E-state index < -0.39 is 11.7 Å². The van der Waals surface area contributed by atoms with Crippen LogP contribution >= 0.6 is 0 Å². The fraction of sp³-hybridized carbons (Fsp3) is 0.0526. The molecule has 5 nitrogen and oxygen atoms in total. The van der Waals surface area contributed by atoms with Gasteiger partial charge in [-0.15, -0.1) is 0 Å². The van der Waals surface area contributed by atoms with Crippen LogP contribution in [0.5, 0.6) is 5.75 Å². The van der Waals surface area contributed by atoms with E-state index in [2.05, 4.69) is 15.6 Å². The Morgan fingerprint density at radius 3 is 2.52 bits per heavy atom. The Hall–Kier alpha value is -3.41. The molecule has 0 unspecified atom stereocenters. The van der Waals surface area contributed by atoms with Gasteiger partial charge >= 0.3 is 0 Å². The molecule has 1 aromatic heterocycles. The zero-order chi connectivity index (χ0) is 17.6. The molecule has 0 spiro atoms. The molecule has 0 aliphatic carbocycles. The lowest BCUT2D eigenvalue weighted by Gasteiger charge is -2.09. The van der Waals surface area contributed by atoms with E-state index in [0.29, 0.717) is 5.69 Å². The van der Waals surface area contributed by atoms with E-state index in [9.17, 15) is 9.18 Å². The number of carbonyl (C=O) groups is 1. The lowest BCUT2D eigenvalue weighted by molar-refractivity contribution is 0.102. The van der Waals surface area contributed by atoms with Crippen molar-refractivity contribution in [2.24, 2.45) is 0 Å². The quantitative estimate of drug-likeness (QED) is 0.731. The van der Waals surface area contributed by atoms with E-state index in [-0.39, 0.29) is 11.4 Å². The number of rotatable bonds is 5. The first kappa shape index (κ1) is 16.4. The predicted octanol–water partition coefficient (Wildman–Crippen LogP) is 4.23. The van der Waals surface area contributed by atoms with Crippen molar-refractivity contribution in [2.75, 3.05) is 17.7 Å². The number of halogens is 1. The van der Waals surface area contributed by atoms with Gasteiger partial charge in [0.15, 0.2) is 0 Å². The second-order valence-corrected chi connectivity index (χ2v) is 5.22. The van der Waals surface area contributed by atoms with Crippen molar-refractivity contribution >= 4 is 23.0 Å². The first-order valence-electron chi connectivity index (χ1n) is 7.59. The SMILES string of the molecule is COc1ccc(Nc2ccnc(C(=O)Nc3ccccc3F)c2)cc1. The number of methoxy groups -OCH3 is 1. The summed E-state index contributed by atoms with van der Waals surface area (Å²) in [4.78, 5) is 16.3. The molecule has 25 heavy (non-hydrogen) atoms. The standard InChI is InChI=1S/C19H16FN3O2/c1-25-15-8-6-13(7-9-15)22-14-10-11-21-18(12-14)19(24)23-17-5-3-2-4-16(17)20/h2-12H,1H3,(H,21,22)(H,23,24). The topological polar surface area (TPSA) is 63.2 Å². The zero-order valence-electron chi connectivity index (χ0n) is 13.5. The van der Waals surface area contributed by atoms with Crippen molar-refractivity contribution in [1.82, 2.24) is 4.98 Å². The van der Waals surface area contributed by atoms with Crippen molar-refractivity contribution in [2.45, 2.75) is 0 Å². The number of carbonyl (C=O) groups excluding carboxylic acids is 1. The third kappa shape index (κ3) is 4.11. The monoisotopic (exact) mass is 337 g/mol. The highest BCUT2D eigenvalue weighted by Gasteiger charge is 2.11. The number of hydrogen-bond acceptors (Lipinski definition) is 4. The highest BCUT2D eigenvalue weighted by molar-refractivity contribution is 6.03. The molecule has 0 bridgehead atoms. The van der Waals surface area contributed by atoms with Crippen LogP contribution < -0.4 is 15.4 Å². The van der Waals surface area contributed by atoms with E-state index in [1.165, 1.54) is 18.3 Å². The number of nitrogens with one attached hydrogen (secondary N) is 2. The van der Waals surface area contributed by atoms with Crippen LogP contribution in [0.1, 0.15) is 10.5 Å². The second-order valence-electron chi connectivity index (χ2n) is 5.22. The minimum Gasteiger partial charge on any atom is -0.497 e. The fourth-order valence-corrected chi connectivity index (χ4v) is 2.22. The van der Waals surface area contributed by atoms with Crippen LogP contribution in [0.2, 0.25) is 0 Å². The molecular weight excluding hydrogens is 321 g/mol. The Kier molecular flexibility index (Phi) is 4.89. The van der Waals surface area contributed by atoms with Gasteiger partial charge in [0.05, 0.1) is 12.8 Å². The first-order valence-corrected chi connectivity index (χ1v) is 7.59. The highest BCUT2D eigenvalue weighted by atomic mass is 19.1. The van der Waals surface area contributed by atoms with Crippen LogP contribution in [-0.4, -0.2) is 18.0 Å². The fourth-order valence-electron chi connectivity index (χ4n) is 2.22. The smallest absolute Gasteiger partial charge is 0.274 e. The first-order chi connectivity index (χ1) is 12.2. The number of anilines is 3. The number of pyridine rings is 1. The van der Waals surface area contributed by atoms with E-state index in [0.717, 1.165) is 11.4 Å². The van der Waals surface area contributed by atoms with E-state index >= 15 is 0 Å². The van der Waals surface area contributed by atoms with Crippen LogP contribution in [0.4, 0.5) is 21.5 Å². The third-order valence-electron chi connectivity index (χ3n) is 3.49. The molecule has 1 heterocycles. The van der Waals surface area contributed by atoms with Gasteiger partial charge in [-0.05, 0) is 48.5 Å². The lowest BCUT2D eigenvalue weighted by Crippen LogP contribution is -2.14. The zero-order valence-corrected chi connectivity index (χ0v) is 13.5. The summed E-state index contributed by atoms with van der Waals surface area (Å²) in [5, 5.41) is 5.69. The summed E-state index contributed by atoms with van der Waals surface area (Å²) in [6.45, 7) is 0. The number of nitrogens with zero attached hydrogens (tertiary/aromatic N) is 1. The van der Waals surface area contributed by atoms with Gasteiger partial charge in [-0.2, -0.15) is 0 Å². The van der Waals surface area contributed by atoms with Crippen molar-refractivity contribution in [1.29, 1.82) is 0 Å². The summed E-state index contributed by atoms with van der Waals surface area (Å²) in [6.07, 6.45) is 1.52. The number of amides is 1. The summed E-state index contributed by atoms with van der Waals surface area (Å²) in [5.41, 5.74) is 1.83. The third-order valence-corrected chi connectivity index (χ3v) is 3.49. The molecule has 0 radical (unpaired) electrons. The van der Waals surface area contributed by atoms with E-state index in [1.807, 2.05) is 24.3 Å². The average Bonchev–Trinajstić information content (AvgIpc) is 2.64. The molecule has 2 aromatic carbocycles. The summed E-state index contributed by atoms with van der Waals surface area (Å²) in [5.74, 6) is -0.225. The average molecular weight is 337 g/mol. The van der Waals surface area contributed by atoms with Crippen molar-refractivity contribution in [3.8, 4) is 5.75 Å². The predicted molar refractivity (Wildman–Crippen MR) is 94.9 cm³/mol. The molecule has 3 rings (SSSR count). The molecular formula is C19H16FN3O2. The minimum absolute atomic E-state index is 0.114. The lowest BCUT2D eigenvalue weighted by atomic mass is 10.2. The van der Waals surface area contributed by atoms with Crippen LogP contribution in [0.25, 0.3) is 0 Å². The number of benzene rings is 2. The van der Waals surface area contributed by atoms with Gasteiger partial charge in [0.1, 0.15) is 17.3 Å². The summed E-state index contributed by atoms with van der Waals surface area (Å²) in [6, 6.07) is 16.7. The van der Waals surface area contributed by atoms with Gasteiger partial charge in [0.2, 0.25) is 0 Å². The normalized spacial score (nSPS) is 10.2. The van der Waals surface area contributed by atoms with Crippen molar-refractivity contribution in [3.05, 3.63) is 78.4 Å². The maximum absolute atomic E-state index is 13.6. The van der Waals surface area contributed by atoms with Gasteiger partial charge in [-0.3, -0.25) is 9.78 Å². The van der Waals surface area contributed by atoms with Gasteiger partial charge in [-0.25, -0.2) is 4.39 Å². The van der Waals surface area contributed by atoms with Gasteiger partial charge in [-0.1, -0.05) is 12.1 Å². The molecule has 2 N–H and O–H groups in total. The molecule has 0 aliphatic heterocycles. The Bertz CT molecular complexity index is 882. The van der Waals surface area contributed by atoms with Crippen LogP contribution in [-0.2, 0) is 0 Å². The molecule has 0 saturated carbocycles. The Morgan fingerprint density at radius 2 is 1.80 bits per heavy atom. The molecule has 0 fully saturated rings. The van der Waals surface area contributed by atoms with Crippen molar-refractivity contribution < 1.29 is 13.9 Å². The largest absolute Gasteiger partial charge is 0.497 e. The Balaban J connectivity index is 1.74. The molecule has 0 aliphatic rings. The number of hydrogen-bond donors (Lipinski definition) is 2. The maximum atomic E-state index is 13.6. The number of ether oxygens (including phenoxy) is 1. The summed E-state index contributed by atoms with van der Waals surface area (Å²) in [7, 11) is 1.60. The van der Waals surface area contributed by atoms with Crippen LogP contribution in [0, 0.1) is 5.82 Å². The van der Waals surface area contributed by atoms with E-state index in [1.54, 1.807) is 31.4 Å². The summed E-state index contributed by atoms with van der Waals surface area (Å²) < 4.78 is 18.8. The van der Waals surface area contributed by atoms with Crippen LogP contribution in [0.15, 0.2) is 66.9 Å². The highest BCUT2D eigenvalue weighted by Crippen LogP contribution is 2.20. The van der Waals surface area contributed by atoms with Gasteiger partial charge in [0, 0.05) is 17.6 Å². The second kappa shape index (κ2) is 7.44. The summed E-state index contributed by atoms with van der Waals surface area (Å²) >= 11 is 0. The maximum Gasteiger partial charge on any atom is 0.274 e. The molecule has 6 heteroatoms. The number of para-hydroxylation sites is 1. The molecule has 1 amide bonds. The van der Waals surface area contributed by atoms with E-state index in [4.69, 9.17) is 4.74 Å². The molecule has 126 valence electrons. The van der Waals surface area contributed by atoms with Crippen LogP contribution in [0.3, 0.4) is 0 Å². The van der Waals surface area contributed by atoms with Gasteiger partial charge < -0.3 is 15.4 Å². The Labute approximate surface area is 144 Å². The van der Waals surface area contributed by atoms with Gasteiger partial charge in [0.25, 0.3) is 5.91 Å². The Morgan fingerprint density at radius 1 is 1.04 bits per heavy atom. The molecule has 0 saturated heterocycles. The molecule has 0 atom stereocenters. The minimum atomic E-state index is -0.497. The van der Waals surface area contributed by atoms with Crippen molar-refractivity contribution in [3.63, 3.8) is 0 Å². The number of aromatic nitrogens is 1. The molecule has 3 aromatic rings.